The lowest BCUT2D eigenvalue weighted by Gasteiger charge is -2.13. The summed E-state index contributed by atoms with van der Waals surface area (Å²) >= 11 is 1.37. The number of aryl methyl sites for hydroxylation is 1. The molecule has 0 spiro atoms. The Balaban J connectivity index is 1.45. The second-order valence-electron chi connectivity index (χ2n) is 9.75. The fraction of sp³-hybridized carbons (Fsp3) is 0.188. The highest BCUT2D eigenvalue weighted by atomic mass is 32.2. The van der Waals surface area contributed by atoms with Crippen LogP contribution in [0.1, 0.15) is 53.9 Å². The van der Waals surface area contributed by atoms with Crippen LogP contribution in [-0.2, 0) is 9.59 Å². The first kappa shape index (κ1) is 29.4. The summed E-state index contributed by atoms with van der Waals surface area (Å²) in [5.41, 5.74) is 3.07. The highest BCUT2D eigenvalue weighted by molar-refractivity contribution is 8.00. The number of carbonyl (C=O) groups is 3. The van der Waals surface area contributed by atoms with Gasteiger partial charge in [0.2, 0.25) is 5.91 Å². The number of benzene rings is 3. The Kier molecular flexibility index (Phi) is 9.76. The maximum absolute atomic E-state index is 13.3. The zero-order valence-corrected chi connectivity index (χ0v) is 24.1. The van der Waals surface area contributed by atoms with Crippen molar-refractivity contribution in [1.29, 1.82) is 0 Å². The standard InChI is InChI=1S/C32H32N4O4S/c1-20(2)24-12-10-23(11-13-24)19-28(34-31(38)25-8-6-5-7-9-25)32(39)33-26-14-16-27(17-15-26)41-22(4)30(37)35-29-18-21(3)40-36-29/h5-20,22H,1-4H3,(H,33,39)(H,34,38)(H,35,36,37)/b28-19-. The average Bonchev–Trinajstić information content (AvgIpc) is 3.38. The normalized spacial score (nSPS) is 12.1. The van der Waals surface area contributed by atoms with E-state index in [1.165, 1.54) is 17.3 Å². The molecule has 0 aliphatic rings. The summed E-state index contributed by atoms with van der Waals surface area (Å²) < 4.78 is 4.98. The topological polar surface area (TPSA) is 113 Å². The van der Waals surface area contributed by atoms with Gasteiger partial charge in [-0.2, -0.15) is 0 Å². The molecule has 0 bridgehead atoms. The molecule has 41 heavy (non-hydrogen) atoms. The monoisotopic (exact) mass is 568 g/mol. The van der Waals surface area contributed by atoms with E-state index in [-0.39, 0.29) is 17.5 Å². The molecule has 1 unspecified atom stereocenters. The minimum absolute atomic E-state index is 0.114. The van der Waals surface area contributed by atoms with Gasteiger partial charge >= 0.3 is 0 Å². The second-order valence-corrected chi connectivity index (χ2v) is 11.2. The minimum atomic E-state index is -0.460. The molecule has 8 nitrogen and oxygen atoms in total. The Hall–Kier alpha value is -4.63. The van der Waals surface area contributed by atoms with Gasteiger partial charge in [-0.3, -0.25) is 14.4 Å². The summed E-state index contributed by atoms with van der Waals surface area (Å²) in [6.07, 6.45) is 1.65. The molecule has 0 radical (unpaired) electrons. The first-order chi connectivity index (χ1) is 19.7. The van der Waals surface area contributed by atoms with Crippen molar-refractivity contribution < 1.29 is 18.9 Å². The van der Waals surface area contributed by atoms with Crippen molar-refractivity contribution in [2.45, 2.75) is 43.8 Å². The number of anilines is 2. The lowest BCUT2D eigenvalue weighted by Crippen LogP contribution is -2.30. The Labute approximate surface area is 243 Å². The van der Waals surface area contributed by atoms with E-state index in [9.17, 15) is 14.4 Å². The van der Waals surface area contributed by atoms with Crippen molar-refractivity contribution in [1.82, 2.24) is 10.5 Å². The molecule has 1 atom stereocenters. The van der Waals surface area contributed by atoms with Crippen LogP contribution in [0.4, 0.5) is 11.5 Å². The first-order valence-electron chi connectivity index (χ1n) is 13.2. The van der Waals surface area contributed by atoms with Gasteiger partial charge in [0.1, 0.15) is 11.5 Å². The number of carbonyl (C=O) groups excluding carboxylic acids is 3. The molecule has 0 saturated heterocycles. The zero-order chi connectivity index (χ0) is 29.4. The van der Waals surface area contributed by atoms with Crippen LogP contribution in [0.15, 0.2) is 100 Å². The summed E-state index contributed by atoms with van der Waals surface area (Å²) in [5, 5.41) is 11.7. The van der Waals surface area contributed by atoms with Gasteiger partial charge in [-0.1, -0.05) is 61.5 Å². The third-order valence-corrected chi connectivity index (χ3v) is 7.23. The molecule has 1 aromatic heterocycles. The molecule has 3 N–H and O–H groups in total. The molecule has 9 heteroatoms. The van der Waals surface area contributed by atoms with Crippen LogP contribution >= 0.6 is 11.8 Å². The summed E-state index contributed by atoms with van der Waals surface area (Å²) in [6.45, 7) is 7.77. The number of hydrogen-bond donors (Lipinski definition) is 3. The van der Waals surface area contributed by atoms with E-state index >= 15 is 0 Å². The van der Waals surface area contributed by atoms with Crippen LogP contribution < -0.4 is 16.0 Å². The van der Waals surface area contributed by atoms with Gasteiger partial charge in [0.15, 0.2) is 5.82 Å². The summed E-state index contributed by atoms with van der Waals surface area (Å²) in [7, 11) is 0. The number of aromatic nitrogens is 1. The van der Waals surface area contributed by atoms with E-state index in [1.807, 2.05) is 42.5 Å². The molecule has 1 heterocycles. The van der Waals surface area contributed by atoms with E-state index in [0.717, 1.165) is 10.5 Å². The van der Waals surface area contributed by atoms with Gasteiger partial charge in [-0.05, 0) is 73.4 Å². The fourth-order valence-electron chi connectivity index (χ4n) is 3.81. The molecular weight excluding hydrogens is 536 g/mol. The van der Waals surface area contributed by atoms with Crippen molar-refractivity contribution in [3.63, 3.8) is 0 Å². The average molecular weight is 569 g/mol. The van der Waals surface area contributed by atoms with Crippen molar-refractivity contribution in [2.24, 2.45) is 0 Å². The van der Waals surface area contributed by atoms with Gasteiger partial charge < -0.3 is 20.5 Å². The van der Waals surface area contributed by atoms with Crippen molar-refractivity contribution in [2.75, 3.05) is 10.6 Å². The number of rotatable bonds is 10. The number of nitrogens with one attached hydrogen (secondary N) is 3. The molecule has 0 aliphatic carbocycles. The van der Waals surface area contributed by atoms with Crippen LogP contribution in [0.2, 0.25) is 0 Å². The van der Waals surface area contributed by atoms with Crippen molar-refractivity contribution >= 4 is 47.1 Å². The Morgan fingerprint density at radius 3 is 2.17 bits per heavy atom. The SMILES string of the molecule is Cc1cc(NC(=O)C(C)Sc2ccc(NC(=O)/C(=C/c3ccc(C(C)C)cc3)NC(=O)c3ccccc3)cc2)no1. The van der Waals surface area contributed by atoms with Gasteiger partial charge in [-0.15, -0.1) is 11.8 Å². The largest absolute Gasteiger partial charge is 0.360 e. The molecule has 4 aromatic rings. The predicted octanol–water partition coefficient (Wildman–Crippen LogP) is 6.64. The van der Waals surface area contributed by atoms with E-state index in [2.05, 4.69) is 35.0 Å². The van der Waals surface area contributed by atoms with Gasteiger partial charge in [0.05, 0.1) is 5.25 Å². The van der Waals surface area contributed by atoms with Crippen LogP contribution in [0, 0.1) is 6.92 Å². The van der Waals surface area contributed by atoms with Crippen LogP contribution in [0.25, 0.3) is 6.08 Å². The Bertz CT molecular complexity index is 1530. The van der Waals surface area contributed by atoms with E-state index in [1.54, 1.807) is 62.4 Å². The molecule has 0 fully saturated rings. The van der Waals surface area contributed by atoms with Gasteiger partial charge in [0, 0.05) is 22.2 Å². The van der Waals surface area contributed by atoms with Crippen LogP contribution in [0.3, 0.4) is 0 Å². The highest BCUT2D eigenvalue weighted by Crippen LogP contribution is 2.26. The number of hydrogen-bond acceptors (Lipinski definition) is 6. The maximum atomic E-state index is 13.3. The Morgan fingerprint density at radius 1 is 0.878 bits per heavy atom. The predicted molar refractivity (Wildman–Crippen MR) is 163 cm³/mol. The molecule has 3 amide bonds. The molecule has 4 rings (SSSR count). The maximum Gasteiger partial charge on any atom is 0.272 e. The van der Waals surface area contributed by atoms with Crippen molar-refractivity contribution in [3.8, 4) is 0 Å². The van der Waals surface area contributed by atoms with E-state index in [0.29, 0.717) is 28.7 Å². The molecular formula is C32H32N4O4S. The quantitative estimate of drug-likeness (QED) is 0.146. The lowest BCUT2D eigenvalue weighted by atomic mass is 10.0. The van der Waals surface area contributed by atoms with E-state index in [4.69, 9.17) is 4.52 Å². The summed E-state index contributed by atoms with van der Waals surface area (Å²) in [6, 6.07) is 25.4. The lowest BCUT2D eigenvalue weighted by molar-refractivity contribution is -0.115. The zero-order valence-electron chi connectivity index (χ0n) is 23.3. The first-order valence-corrected chi connectivity index (χ1v) is 14.1. The molecule has 0 aliphatic heterocycles. The smallest absolute Gasteiger partial charge is 0.272 e. The molecule has 3 aromatic carbocycles. The van der Waals surface area contributed by atoms with Crippen LogP contribution in [-0.4, -0.2) is 28.1 Å². The number of nitrogens with zero attached hydrogens (tertiary/aromatic N) is 1. The summed E-state index contributed by atoms with van der Waals surface area (Å²) in [5.74, 6) is 0.316. The van der Waals surface area contributed by atoms with E-state index < -0.39 is 11.2 Å². The second kappa shape index (κ2) is 13.6. The third-order valence-electron chi connectivity index (χ3n) is 6.12. The Morgan fingerprint density at radius 2 is 1.56 bits per heavy atom. The number of thioether (sulfide) groups is 1. The number of amides is 3. The minimum Gasteiger partial charge on any atom is -0.360 e. The summed E-state index contributed by atoms with van der Waals surface area (Å²) in [4.78, 5) is 39.6. The molecule has 0 saturated carbocycles. The fourth-order valence-corrected chi connectivity index (χ4v) is 4.68. The molecule has 210 valence electrons. The van der Waals surface area contributed by atoms with Crippen molar-refractivity contribution in [3.05, 3.63) is 113 Å². The third kappa shape index (κ3) is 8.43. The highest BCUT2D eigenvalue weighted by Gasteiger charge is 2.18. The van der Waals surface area contributed by atoms with Crippen LogP contribution in [0.5, 0.6) is 0 Å². The van der Waals surface area contributed by atoms with Gasteiger partial charge in [0.25, 0.3) is 11.8 Å². The van der Waals surface area contributed by atoms with Gasteiger partial charge in [-0.25, -0.2) is 0 Å².